The molecular weight excluding hydrogens is 154 g/mol. The molecule has 1 aromatic rings. The van der Waals surface area contributed by atoms with Gasteiger partial charge in [-0.2, -0.15) is 4.98 Å². The van der Waals surface area contributed by atoms with Crippen LogP contribution in [0.1, 0.15) is 37.5 Å². The Hall–Kier alpha value is -0.900. The molecule has 1 saturated carbocycles. The summed E-state index contributed by atoms with van der Waals surface area (Å²) in [4.78, 5) is 4.19. The van der Waals surface area contributed by atoms with Crippen molar-refractivity contribution in [2.24, 2.45) is 11.7 Å². The number of hydrogen-bond acceptors (Lipinski definition) is 4. The van der Waals surface area contributed by atoms with Crippen LogP contribution in [0.5, 0.6) is 0 Å². The molecule has 0 amide bonds. The lowest BCUT2D eigenvalue weighted by Gasteiger charge is -2.01. The fraction of sp³-hybridized carbons (Fsp3) is 0.750. The molecule has 0 bridgehead atoms. The van der Waals surface area contributed by atoms with E-state index in [1.54, 1.807) is 0 Å². The average Bonchev–Trinajstić information content (AvgIpc) is 2.82. The predicted octanol–water partition coefficient (Wildman–Crippen LogP) is 1.04. The van der Waals surface area contributed by atoms with Gasteiger partial charge in [0.25, 0.3) is 0 Å². The molecule has 1 atom stereocenters. The minimum atomic E-state index is -0.0298. The zero-order valence-electron chi connectivity index (χ0n) is 7.16. The van der Waals surface area contributed by atoms with E-state index in [2.05, 4.69) is 10.1 Å². The summed E-state index contributed by atoms with van der Waals surface area (Å²) in [6.45, 7) is 2.00. The van der Waals surface area contributed by atoms with Gasteiger partial charge in [-0.3, -0.25) is 0 Å². The van der Waals surface area contributed by atoms with E-state index in [1.165, 1.54) is 12.8 Å². The summed E-state index contributed by atoms with van der Waals surface area (Å²) in [5, 5.41) is 3.80. The first-order valence-electron chi connectivity index (χ1n) is 4.39. The maximum Gasteiger partial charge on any atom is 0.243 e. The standard InChI is InChI=1S/C8H13N3O/c1-2-6-10-8(12-11-6)7(9)5-3-4-5/h5,7H,2-4,9H2,1H3. The maximum absolute atomic E-state index is 5.87. The highest BCUT2D eigenvalue weighted by Gasteiger charge is 2.32. The SMILES string of the molecule is CCc1noc(C(N)C2CC2)n1. The zero-order chi connectivity index (χ0) is 8.55. The van der Waals surface area contributed by atoms with E-state index < -0.39 is 0 Å². The monoisotopic (exact) mass is 167 g/mol. The third kappa shape index (κ3) is 1.34. The lowest BCUT2D eigenvalue weighted by Crippen LogP contribution is -2.12. The van der Waals surface area contributed by atoms with Crippen LogP contribution in [-0.2, 0) is 6.42 Å². The second-order valence-electron chi connectivity index (χ2n) is 3.27. The Morgan fingerprint density at radius 2 is 2.42 bits per heavy atom. The summed E-state index contributed by atoms with van der Waals surface area (Å²) in [5.74, 6) is 1.94. The van der Waals surface area contributed by atoms with E-state index in [-0.39, 0.29) is 6.04 Å². The highest BCUT2D eigenvalue weighted by Crippen LogP contribution is 2.38. The first kappa shape index (κ1) is 7.73. The van der Waals surface area contributed by atoms with Crippen LogP contribution in [0.3, 0.4) is 0 Å². The Morgan fingerprint density at radius 1 is 1.67 bits per heavy atom. The molecule has 1 aromatic heterocycles. The van der Waals surface area contributed by atoms with Crippen LogP contribution in [0.4, 0.5) is 0 Å². The van der Waals surface area contributed by atoms with Crippen LogP contribution in [0.2, 0.25) is 0 Å². The minimum Gasteiger partial charge on any atom is -0.338 e. The van der Waals surface area contributed by atoms with Gasteiger partial charge >= 0.3 is 0 Å². The van der Waals surface area contributed by atoms with E-state index >= 15 is 0 Å². The molecule has 0 aromatic carbocycles. The lowest BCUT2D eigenvalue weighted by molar-refractivity contribution is 0.340. The van der Waals surface area contributed by atoms with Gasteiger partial charge in [0.05, 0.1) is 6.04 Å². The van der Waals surface area contributed by atoms with Crippen molar-refractivity contribution >= 4 is 0 Å². The molecule has 0 radical (unpaired) electrons. The topological polar surface area (TPSA) is 64.9 Å². The third-order valence-electron chi connectivity index (χ3n) is 2.22. The molecule has 66 valence electrons. The van der Waals surface area contributed by atoms with Gasteiger partial charge in [0, 0.05) is 6.42 Å². The molecule has 1 aliphatic rings. The van der Waals surface area contributed by atoms with Crippen molar-refractivity contribution in [3.63, 3.8) is 0 Å². The molecular formula is C8H13N3O. The molecule has 0 aliphatic heterocycles. The highest BCUT2D eigenvalue weighted by atomic mass is 16.5. The normalized spacial score (nSPS) is 19.5. The Balaban J connectivity index is 2.10. The number of aryl methyl sites for hydroxylation is 1. The molecule has 2 rings (SSSR count). The van der Waals surface area contributed by atoms with Crippen LogP contribution >= 0.6 is 0 Å². The fourth-order valence-corrected chi connectivity index (χ4v) is 1.20. The van der Waals surface area contributed by atoms with Crippen LogP contribution in [0.25, 0.3) is 0 Å². The third-order valence-corrected chi connectivity index (χ3v) is 2.22. The number of nitrogens with two attached hydrogens (primary N) is 1. The Bertz CT molecular complexity index is 267. The summed E-state index contributed by atoms with van der Waals surface area (Å²) in [6, 6.07) is -0.0298. The van der Waals surface area contributed by atoms with Crippen molar-refractivity contribution in [3.05, 3.63) is 11.7 Å². The smallest absolute Gasteiger partial charge is 0.243 e. The number of aromatic nitrogens is 2. The second-order valence-corrected chi connectivity index (χ2v) is 3.27. The van der Waals surface area contributed by atoms with Crippen LogP contribution in [0, 0.1) is 5.92 Å². The van der Waals surface area contributed by atoms with Gasteiger partial charge < -0.3 is 10.3 Å². The molecule has 12 heavy (non-hydrogen) atoms. The highest BCUT2D eigenvalue weighted by molar-refractivity contribution is 4.98. The van der Waals surface area contributed by atoms with Crippen molar-refractivity contribution in [1.29, 1.82) is 0 Å². The van der Waals surface area contributed by atoms with E-state index in [9.17, 15) is 0 Å². The largest absolute Gasteiger partial charge is 0.338 e. The zero-order valence-corrected chi connectivity index (χ0v) is 7.16. The molecule has 0 spiro atoms. The summed E-state index contributed by atoms with van der Waals surface area (Å²) < 4.78 is 5.03. The predicted molar refractivity (Wildman–Crippen MR) is 43.3 cm³/mol. The molecule has 1 aliphatic carbocycles. The Morgan fingerprint density at radius 3 is 2.92 bits per heavy atom. The maximum atomic E-state index is 5.87. The van der Waals surface area contributed by atoms with Crippen molar-refractivity contribution < 1.29 is 4.52 Å². The first-order valence-corrected chi connectivity index (χ1v) is 4.39. The van der Waals surface area contributed by atoms with Gasteiger partial charge in [0.2, 0.25) is 5.89 Å². The second kappa shape index (κ2) is 2.86. The first-order chi connectivity index (χ1) is 5.81. The van der Waals surface area contributed by atoms with Gasteiger partial charge in [-0.15, -0.1) is 0 Å². The molecule has 1 unspecified atom stereocenters. The van der Waals surface area contributed by atoms with E-state index in [1.807, 2.05) is 6.92 Å². The molecule has 1 heterocycles. The minimum absolute atomic E-state index is 0.0298. The Labute approximate surface area is 71.1 Å². The quantitative estimate of drug-likeness (QED) is 0.730. The molecule has 0 saturated heterocycles. The van der Waals surface area contributed by atoms with Gasteiger partial charge in [0.15, 0.2) is 5.82 Å². The van der Waals surface area contributed by atoms with Crippen LogP contribution < -0.4 is 5.73 Å². The fourth-order valence-electron chi connectivity index (χ4n) is 1.20. The van der Waals surface area contributed by atoms with Gasteiger partial charge in [-0.25, -0.2) is 0 Å². The van der Waals surface area contributed by atoms with Gasteiger partial charge in [0.1, 0.15) is 0 Å². The van der Waals surface area contributed by atoms with E-state index in [0.717, 1.165) is 12.2 Å². The van der Waals surface area contributed by atoms with Crippen molar-refractivity contribution in [3.8, 4) is 0 Å². The van der Waals surface area contributed by atoms with Crippen molar-refractivity contribution in [2.45, 2.75) is 32.2 Å². The van der Waals surface area contributed by atoms with E-state index in [0.29, 0.717) is 11.8 Å². The van der Waals surface area contributed by atoms with Crippen molar-refractivity contribution in [2.75, 3.05) is 0 Å². The summed E-state index contributed by atoms with van der Waals surface area (Å²) >= 11 is 0. The number of hydrogen-bond donors (Lipinski definition) is 1. The number of rotatable bonds is 3. The number of nitrogens with zero attached hydrogens (tertiary/aromatic N) is 2. The summed E-state index contributed by atoms with van der Waals surface area (Å²) in [7, 11) is 0. The summed E-state index contributed by atoms with van der Waals surface area (Å²) in [5.41, 5.74) is 5.87. The van der Waals surface area contributed by atoms with Gasteiger partial charge in [-0.1, -0.05) is 12.1 Å². The summed E-state index contributed by atoms with van der Waals surface area (Å²) in [6.07, 6.45) is 3.21. The average molecular weight is 167 g/mol. The molecule has 4 nitrogen and oxygen atoms in total. The molecule has 1 fully saturated rings. The molecule has 2 N–H and O–H groups in total. The Kier molecular flexibility index (Phi) is 1.84. The van der Waals surface area contributed by atoms with Crippen LogP contribution in [0.15, 0.2) is 4.52 Å². The van der Waals surface area contributed by atoms with Crippen molar-refractivity contribution in [1.82, 2.24) is 10.1 Å². The lowest BCUT2D eigenvalue weighted by atomic mass is 10.2. The van der Waals surface area contributed by atoms with Gasteiger partial charge in [-0.05, 0) is 18.8 Å². The van der Waals surface area contributed by atoms with E-state index in [4.69, 9.17) is 10.3 Å². The molecule has 4 heteroatoms. The van der Waals surface area contributed by atoms with Crippen LogP contribution in [-0.4, -0.2) is 10.1 Å².